The number of benzene rings is 3. The summed E-state index contributed by atoms with van der Waals surface area (Å²) < 4.78 is 5.90. The maximum atomic E-state index is 12.3. The van der Waals surface area contributed by atoms with Gasteiger partial charge in [0, 0.05) is 28.9 Å². The number of rotatable bonds is 4. The van der Waals surface area contributed by atoms with E-state index in [1.54, 1.807) is 18.2 Å². The Morgan fingerprint density at radius 3 is 2.32 bits per heavy atom. The van der Waals surface area contributed by atoms with E-state index >= 15 is 0 Å². The summed E-state index contributed by atoms with van der Waals surface area (Å²) in [5, 5.41) is 16.3. The first-order chi connectivity index (χ1) is 16.1. The molecule has 0 bridgehead atoms. The van der Waals surface area contributed by atoms with Crippen molar-refractivity contribution >= 4 is 45.7 Å². The summed E-state index contributed by atoms with van der Waals surface area (Å²) in [6, 6.07) is 18.7. The smallest absolute Gasteiger partial charge is 0.269 e. The minimum atomic E-state index is -0.528. The quantitative estimate of drug-likeness (QED) is 0.218. The van der Waals surface area contributed by atoms with Crippen LogP contribution in [0.25, 0.3) is 22.6 Å². The number of hydrogen-bond donors (Lipinski definition) is 2. The fourth-order valence-corrected chi connectivity index (χ4v) is 3.52. The number of thiocarbonyl (C=S) groups is 1. The molecule has 0 spiro atoms. The molecule has 0 saturated carbocycles. The van der Waals surface area contributed by atoms with Crippen LogP contribution in [0.4, 0.5) is 11.4 Å². The highest BCUT2D eigenvalue weighted by atomic mass is 32.1. The fourth-order valence-electron chi connectivity index (χ4n) is 3.31. The predicted molar refractivity (Wildman–Crippen MR) is 135 cm³/mol. The molecule has 4 rings (SSSR count). The molecule has 0 saturated heterocycles. The minimum absolute atomic E-state index is 0.0622. The molecule has 3 aromatic carbocycles. The Morgan fingerprint density at radius 2 is 1.71 bits per heavy atom. The molecule has 0 atom stereocenters. The zero-order valence-electron chi connectivity index (χ0n) is 18.8. The number of nitro benzene ring substituents is 1. The van der Waals surface area contributed by atoms with E-state index in [-0.39, 0.29) is 21.8 Å². The Morgan fingerprint density at radius 1 is 1.03 bits per heavy atom. The number of oxazole rings is 1. The summed E-state index contributed by atoms with van der Waals surface area (Å²) in [7, 11) is 0. The van der Waals surface area contributed by atoms with E-state index in [4.69, 9.17) is 16.6 Å². The molecule has 0 unspecified atom stereocenters. The number of nitrogens with one attached hydrogen (secondary N) is 2. The van der Waals surface area contributed by atoms with Crippen LogP contribution >= 0.6 is 12.2 Å². The molecule has 1 aromatic heterocycles. The Bertz CT molecular complexity index is 1390. The van der Waals surface area contributed by atoms with Gasteiger partial charge in [0.05, 0.1) is 4.92 Å². The van der Waals surface area contributed by atoms with Crippen LogP contribution in [0.5, 0.6) is 0 Å². The molecule has 1 amide bonds. The predicted octanol–water partition coefficient (Wildman–Crippen LogP) is 5.83. The molecular formula is C25H22N4O4S. The summed E-state index contributed by atoms with van der Waals surface area (Å²) in [4.78, 5) is 27.2. The third kappa shape index (κ3) is 5.10. The molecular weight excluding hydrogens is 452 g/mol. The lowest BCUT2D eigenvalue weighted by atomic mass is 9.87. The van der Waals surface area contributed by atoms with E-state index in [9.17, 15) is 14.9 Å². The highest BCUT2D eigenvalue weighted by molar-refractivity contribution is 7.80. The Kier molecular flexibility index (Phi) is 6.12. The van der Waals surface area contributed by atoms with Crippen molar-refractivity contribution in [3.63, 3.8) is 0 Å². The summed E-state index contributed by atoms with van der Waals surface area (Å²) in [6.07, 6.45) is 0. The van der Waals surface area contributed by atoms with Crippen molar-refractivity contribution in [1.82, 2.24) is 10.3 Å². The molecule has 2 N–H and O–H groups in total. The standard InChI is InChI=1S/C25H22N4O4S/c1-25(2,3)17-8-4-16(5-9-17)23-27-20-14-18(10-13-21(20)33-23)26-24(34)28-22(30)15-6-11-19(12-7-15)29(31)32/h4-14H,1-3H3,(H2,26,28,30,34). The molecule has 1 heterocycles. The number of aromatic nitrogens is 1. The zero-order valence-corrected chi connectivity index (χ0v) is 19.6. The first-order valence-corrected chi connectivity index (χ1v) is 10.9. The summed E-state index contributed by atoms with van der Waals surface area (Å²) in [5.74, 6) is 0.0394. The lowest BCUT2D eigenvalue weighted by molar-refractivity contribution is -0.384. The lowest BCUT2D eigenvalue weighted by Gasteiger charge is -2.18. The van der Waals surface area contributed by atoms with Gasteiger partial charge in [0.2, 0.25) is 5.89 Å². The number of carbonyl (C=O) groups is 1. The fraction of sp³-hybridized carbons (Fsp3) is 0.160. The van der Waals surface area contributed by atoms with Gasteiger partial charge >= 0.3 is 0 Å². The van der Waals surface area contributed by atoms with Crippen molar-refractivity contribution in [2.75, 3.05) is 5.32 Å². The number of nitrogens with zero attached hydrogens (tertiary/aromatic N) is 2. The Hall–Kier alpha value is -4.11. The van der Waals surface area contributed by atoms with Crippen LogP contribution in [-0.4, -0.2) is 20.9 Å². The lowest BCUT2D eigenvalue weighted by Crippen LogP contribution is -2.34. The molecule has 8 nitrogen and oxygen atoms in total. The van der Waals surface area contributed by atoms with Gasteiger partial charge in [-0.15, -0.1) is 0 Å². The monoisotopic (exact) mass is 474 g/mol. The minimum Gasteiger partial charge on any atom is -0.436 e. The second-order valence-electron chi connectivity index (χ2n) is 8.74. The first-order valence-electron chi connectivity index (χ1n) is 10.5. The molecule has 34 heavy (non-hydrogen) atoms. The van der Waals surface area contributed by atoms with Gasteiger partial charge in [-0.3, -0.25) is 20.2 Å². The number of fused-ring (bicyclic) bond motifs is 1. The highest BCUT2D eigenvalue weighted by Crippen LogP contribution is 2.29. The van der Waals surface area contributed by atoms with Crippen molar-refractivity contribution in [3.05, 3.63) is 88.0 Å². The summed E-state index contributed by atoms with van der Waals surface area (Å²) in [6.45, 7) is 6.48. The van der Waals surface area contributed by atoms with Crippen molar-refractivity contribution in [1.29, 1.82) is 0 Å². The topological polar surface area (TPSA) is 110 Å². The molecule has 4 aromatic rings. The molecule has 0 aliphatic carbocycles. The van der Waals surface area contributed by atoms with Crippen LogP contribution in [0, 0.1) is 10.1 Å². The van der Waals surface area contributed by atoms with Crippen LogP contribution in [-0.2, 0) is 5.41 Å². The number of hydrogen-bond acceptors (Lipinski definition) is 6. The Balaban J connectivity index is 1.45. The number of amides is 1. The maximum Gasteiger partial charge on any atom is 0.269 e. The summed E-state index contributed by atoms with van der Waals surface area (Å²) >= 11 is 5.23. The van der Waals surface area contributed by atoms with E-state index < -0.39 is 10.8 Å². The highest BCUT2D eigenvalue weighted by Gasteiger charge is 2.15. The number of non-ortho nitro benzene ring substituents is 1. The van der Waals surface area contributed by atoms with Gasteiger partial charge in [0.1, 0.15) is 5.52 Å². The van der Waals surface area contributed by atoms with Gasteiger partial charge in [0.15, 0.2) is 10.7 Å². The SMILES string of the molecule is CC(C)(C)c1ccc(-c2nc3cc(NC(=S)NC(=O)c4ccc([N+](=O)[O-])cc4)ccc3o2)cc1. The van der Waals surface area contributed by atoms with Gasteiger partial charge < -0.3 is 9.73 Å². The molecule has 0 aliphatic heterocycles. The number of carbonyl (C=O) groups excluding carboxylic acids is 1. The van der Waals surface area contributed by atoms with Crippen molar-refractivity contribution in [3.8, 4) is 11.5 Å². The third-order valence-corrected chi connectivity index (χ3v) is 5.41. The number of anilines is 1. The third-order valence-electron chi connectivity index (χ3n) is 5.21. The normalized spacial score (nSPS) is 11.3. The second-order valence-corrected chi connectivity index (χ2v) is 9.15. The van der Waals surface area contributed by atoms with Gasteiger partial charge in [0.25, 0.3) is 11.6 Å². The first kappa shape index (κ1) is 23.1. The summed E-state index contributed by atoms with van der Waals surface area (Å²) in [5.41, 5.74) is 4.22. The zero-order chi connectivity index (χ0) is 24.5. The second kappa shape index (κ2) is 9.03. The van der Waals surface area contributed by atoms with E-state index in [1.165, 1.54) is 29.8 Å². The van der Waals surface area contributed by atoms with E-state index in [2.05, 4.69) is 48.5 Å². The van der Waals surface area contributed by atoms with Crippen molar-refractivity contribution in [2.45, 2.75) is 26.2 Å². The van der Waals surface area contributed by atoms with Gasteiger partial charge in [-0.2, -0.15) is 0 Å². The maximum absolute atomic E-state index is 12.3. The molecule has 0 fully saturated rings. The largest absolute Gasteiger partial charge is 0.436 e. The van der Waals surface area contributed by atoms with Gasteiger partial charge in [-0.1, -0.05) is 32.9 Å². The van der Waals surface area contributed by atoms with Gasteiger partial charge in [-0.05, 0) is 65.7 Å². The van der Waals surface area contributed by atoms with Crippen molar-refractivity contribution in [2.24, 2.45) is 0 Å². The molecule has 0 aliphatic rings. The van der Waals surface area contributed by atoms with Crippen molar-refractivity contribution < 1.29 is 14.1 Å². The van der Waals surface area contributed by atoms with Crippen LogP contribution in [0.2, 0.25) is 0 Å². The van der Waals surface area contributed by atoms with E-state index in [0.717, 1.165) is 5.56 Å². The van der Waals surface area contributed by atoms with E-state index in [0.29, 0.717) is 22.7 Å². The number of nitro groups is 1. The average Bonchev–Trinajstić information content (AvgIpc) is 3.22. The molecule has 9 heteroatoms. The molecule has 172 valence electrons. The van der Waals surface area contributed by atoms with Crippen LogP contribution in [0.15, 0.2) is 71.1 Å². The van der Waals surface area contributed by atoms with E-state index in [1.807, 2.05) is 12.1 Å². The van der Waals surface area contributed by atoms with Crippen LogP contribution in [0.3, 0.4) is 0 Å². The Labute approximate surface area is 201 Å². The van der Waals surface area contributed by atoms with Crippen LogP contribution in [0.1, 0.15) is 36.7 Å². The average molecular weight is 475 g/mol. The van der Waals surface area contributed by atoms with Crippen LogP contribution < -0.4 is 10.6 Å². The van der Waals surface area contributed by atoms with Gasteiger partial charge in [-0.25, -0.2) is 4.98 Å². The molecule has 0 radical (unpaired) electrons.